The van der Waals surface area contributed by atoms with Gasteiger partial charge < -0.3 is 14.8 Å². The van der Waals surface area contributed by atoms with E-state index in [0.717, 1.165) is 11.3 Å². The largest absolute Gasteiger partial charge is 0.481 e. The second-order valence-corrected chi connectivity index (χ2v) is 6.32. The first-order valence-corrected chi connectivity index (χ1v) is 8.65. The van der Waals surface area contributed by atoms with Gasteiger partial charge in [0, 0.05) is 0 Å². The van der Waals surface area contributed by atoms with Crippen molar-refractivity contribution in [3.05, 3.63) is 46.1 Å². The van der Waals surface area contributed by atoms with Crippen LogP contribution in [0.1, 0.15) is 39.4 Å². The van der Waals surface area contributed by atoms with Gasteiger partial charge in [-0.1, -0.05) is 12.1 Å². The average molecular weight is 379 g/mol. The van der Waals surface area contributed by atoms with Gasteiger partial charge in [-0.25, -0.2) is 9.18 Å². The number of halogens is 1. The summed E-state index contributed by atoms with van der Waals surface area (Å²) in [6.45, 7) is 4.36. The molecule has 26 heavy (non-hydrogen) atoms. The van der Waals surface area contributed by atoms with Crippen LogP contribution in [-0.4, -0.2) is 30.9 Å². The molecule has 0 radical (unpaired) electrons. The van der Waals surface area contributed by atoms with Gasteiger partial charge in [-0.15, -0.1) is 11.3 Å². The second-order valence-electron chi connectivity index (χ2n) is 5.30. The summed E-state index contributed by atoms with van der Waals surface area (Å²) in [7, 11) is 0. The van der Waals surface area contributed by atoms with Gasteiger partial charge in [0.05, 0.1) is 17.0 Å². The number of hydrogen-bond donors (Lipinski definition) is 1. The van der Waals surface area contributed by atoms with Crippen LogP contribution in [-0.2, 0) is 9.53 Å². The molecule has 0 saturated heterocycles. The van der Waals surface area contributed by atoms with Gasteiger partial charge >= 0.3 is 5.97 Å². The van der Waals surface area contributed by atoms with E-state index < -0.39 is 24.3 Å². The maximum atomic E-state index is 13.5. The highest BCUT2D eigenvalue weighted by molar-refractivity contribution is 7.18. The van der Waals surface area contributed by atoms with Crippen molar-refractivity contribution in [1.29, 1.82) is 0 Å². The number of Topliss-reactive ketones (excluding diaryl/α,β-unsaturated/α-hetero) is 1. The number of ketones is 1. The highest BCUT2D eigenvalue weighted by Gasteiger charge is 2.25. The number of nitrogens with one attached hydrogen (secondary N) is 1. The van der Waals surface area contributed by atoms with Crippen LogP contribution in [0.5, 0.6) is 5.75 Å². The highest BCUT2D eigenvalue weighted by atomic mass is 32.1. The lowest BCUT2D eigenvalue weighted by atomic mass is 10.1. The maximum Gasteiger partial charge on any atom is 0.341 e. The number of carbonyl (C=O) groups is 3. The fourth-order valence-corrected chi connectivity index (χ4v) is 3.36. The zero-order valence-corrected chi connectivity index (χ0v) is 15.4. The monoisotopic (exact) mass is 379 g/mol. The van der Waals surface area contributed by atoms with Crippen LogP contribution in [0.4, 0.5) is 9.39 Å². The molecule has 0 aliphatic carbocycles. The van der Waals surface area contributed by atoms with E-state index in [0.29, 0.717) is 10.4 Å². The zero-order chi connectivity index (χ0) is 19.3. The Morgan fingerprint density at radius 3 is 2.54 bits per heavy atom. The predicted molar refractivity (Wildman–Crippen MR) is 95.5 cm³/mol. The van der Waals surface area contributed by atoms with Gasteiger partial charge in [0.2, 0.25) is 0 Å². The maximum absolute atomic E-state index is 13.5. The smallest absolute Gasteiger partial charge is 0.341 e. The Bertz CT molecular complexity index is 846. The second kappa shape index (κ2) is 8.57. The van der Waals surface area contributed by atoms with Crippen molar-refractivity contribution in [3.63, 3.8) is 0 Å². The predicted octanol–water partition coefficient (Wildman–Crippen LogP) is 3.59. The lowest BCUT2D eigenvalue weighted by molar-refractivity contribution is -0.118. The normalized spacial score (nSPS) is 10.3. The van der Waals surface area contributed by atoms with E-state index in [1.54, 1.807) is 19.9 Å². The van der Waals surface area contributed by atoms with Crippen LogP contribution >= 0.6 is 11.3 Å². The van der Waals surface area contributed by atoms with Gasteiger partial charge in [0.1, 0.15) is 5.00 Å². The van der Waals surface area contributed by atoms with Crippen LogP contribution in [0.25, 0.3) is 0 Å². The Labute approximate surface area is 153 Å². The molecule has 0 bridgehead atoms. The van der Waals surface area contributed by atoms with Crippen LogP contribution in [0.15, 0.2) is 24.3 Å². The number of benzene rings is 1. The van der Waals surface area contributed by atoms with E-state index in [2.05, 4.69) is 5.32 Å². The molecule has 1 aromatic heterocycles. The fraction of sp³-hybridized carbons (Fsp3) is 0.278. The third kappa shape index (κ3) is 4.45. The molecule has 138 valence electrons. The molecule has 2 aromatic rings. The molecule has 0 aliphatic rings. The Kier molecular flexibility index (Phi) is 6.46. The molecule has 0 aliphatic heterocycles. The third-order valence-electron chi connectivity index (χ3n) is 3.39. The van der Waals surface area contributed by atoms with Gasteiger partial charge in [-0.2, -0.15) is 0 Å². The Morgan fingerprint density at radius 1 is 1.23 bits per heavy atom. The van der Waals surface area contributed by atoms with Crippen molar-refractivity contribution >= 4 is 34.0 Å². The molecule has 1 N–H and O–H groups in total. The van der Waals surface area contributed by atoms with Gasteiger partial charge in [-0.05, 0) is 38.5 Å². The number of esters is 1. The van der Waals surface area contributed by atoms with Gasteiger partial charge in [-0.3, -0.25) is 9.59 Å². The van der Waals surface area contributed by atoms with E-state index in [9.17, 15) is 18.8 Å². The van der Waals surface area contributed by atoms with Crippen molar-refractivity contribution in [2.24, 2.45) is 0 Å². The summed E-state index contributed by atoms with van der Waals surface area (Å²) in [5.74, 6) is -2.08. The summed E-state index contributed by atoms with van der Waals surface area (Å²) >= 11 is 0.990. The minimum atomic E-state index is -0.626. The Morgan fingerprint density at radius 2 is 1.92 bits per heavy atom. The third-order valence-corrected chi connectivity index (χ3v) is 4.70. The molecule has 0 fully saturated rings. The first-order valence-electron chi connectivity index (χ1n) is 7.83. The highest BCUT2D eigenvalue weighted by Crippen LogP contribution is 2.34. The molecule has 6 nitrogen and oxygen atoms in total. The number of rotatable bonds is 7. The number of hydrogen-bond acceptors (Lipinski definition) is 6. The Hall–Kier alpha value is -2.74. The van der Waals surface area contributed by atoms with E-state index in [1.807, 2.05) is 0 Å². The number of thiophene rings is 1. The molecule has 8 heteroatoms. The van der Waals surface area contributed by atoms with Crippen LogP contribution in [0.2, 0.25) is 0 Å². The summed E-state index contributed by atoms with van der Waals surface area (Å²) < 4.78 is 23.6. The number of ether oxygens (including phenoxy) is 2. The summed E-state index contributed by atoms with van der Waals surface area (Å²) in [5.41, 5.74) is 0.590. The first kappa shape index (κ1) is 19.6. The fourth-order valence-electron chi connectivity index (χ4n) is 2.25. The zero-order valence-electron chi connectivity index (χ0n) is 14.6. The quantitative estimate of drug-likeness (QED) is 0.587. The van der Waals surface area contributed by atoms with E-state index in [4.69, 9.17) is 9.47 Å². The summed E-state index contributed by atoms with van der Waals surface area (Å²) in [4.78, 5) is 36.4. The Balaban J connectivity index is 2.18. The number of anilines is 1. The van der Waals surface area contributed by atoms with Crippen molar-refractivity contribution in [3.8, 4) is 5.75 Å². The first-order chi connectivity index (χ1) is 12.3. The SMILES string of the molecule is CCOC(=O)c1c(NC(=O)COc2ccccc2F)sc(C(C)=O)c1C. The number of amides is 1. The van der Waals surface area contributed by atoms with Crippen molar-refractivity contribution < 1.29 is 28.2 Å². The molecule has 0 atom stereocenters. The summed E-state index contributed by atoms with van der Waals surface area (Å²) in [6, 6.07) is 5.70. The number of para-hydroxylation sites is 1. The van der Waals surface area contributed by atoms with E-state index in [1.165, 1.54) is 25.1 Å². The molecule has 1 amide bonds. The van der Waals surface area contributed by atoms with Crippen LogP contribution < -0.4 is 10.1 Å². The van der Waals surface area contributed by atoms with Crippen molar-refractivity contribution in [2.45, 2.75) is 20.8 Å². The lowest BCUT2D eigenvalue weighted by Gasteiger charge is -2.09. The minimum Gasteiger partial charge on any atom is -0.481 e. The minimum absolute atomic E-state index is 0.0555. The van der Waals surface area contributed by atoms with Gasteiger partial charge in [0.15, 0.2) is 24.0 Å². The molecule has 1 heterocycles. The molecular weight excluding hydrogens is 361 g/mol. The van der Waals surface area contributed by atoms with E-state index in [-0.39, 0.29) is 28.7 Å². The van der Waals surface area contributed by atoms with Crippen molar-refractivity contribution in [1.82, 2.24) is 0 Å². The molecule has 0 spiro atoms. The topological polar surface area (TPSA) is 81.7 Å². The standard InChI is InChI=1S/C18H18FNO5S/c1-4-24-18(23)15-10(2)16(11(3)21)26-17(15)20-14(22)9-25-13-8-6-5-7-12(13)19/h5-8H,4,9H2,1-3H3,(H,20,22). The molecule has 2 rings (SSSR count). The van der Waals surface area contributed by atoms with Gasteiger partial charge in [0.25, 0.3) is 5.91 Å². The molecular formula is C18H18FNO5S. The molecule has 0 saturated carbocycles. The average Bonchev–Trinajstić information content (AvgIpc) is 2.90. The lowest BCUT2D eigenvalue weighted by Crippen LogP contribution is -2.21. The molecule has 0 unspecified atom stereocenters. The van der Waals surface area contributed by atoms with Crippen LogP contribution in [0, 0.1) is 12.7 Å². The van der Waals surface area contributed by atoms with E-state index >= 15 is 0 Å². The van der Waals surface area contributed by atoms with Crippen LogP contribution in [0.3, 0.4) is 0 Å². The van der Waals surface area contributed by atoms with Crippen molar-refractivity contribution in [2.75, 3.05) is 18.5 Å². The summed E-state index contributed by atoms with van der Waals surface area (Å²) in [5, 5.41) is 2.74. The molecule has 1 aromatic carbocycles. The summed E-state index contributed by atoms with van der Waals surface area (Å²) in [6.07, 6.45) is 0. The number of carbonyl (C=O) groups excluding carboxylic acids is 3.